The highest BCUT2D eigenvalue weighted by molar-refractivity contribution is 5.00. The molecule has 2 heteroatoms. The Morgan fingerprint density at radius 2 is 1.92 bits per heavy atom. The zero-order valence-electron chi connectivity index (χ0n) is 9.10. The summed E-state index contributed by atoms with van der Waals surface area (Å²) < 4.78 is 5.33. The van der Waals surface area contributed by atoms with Gasteiger partial charge < -0.3 is 4.74 Å². The Bertz CT molecular complexity index is 155. The summed E-state index contributed by atoms with van der Waals surface area (Å²) in [5.41, 5.74) is 0. The summed E-state index contributed by atoms with van der Waals surface area (Å²) in [6, 6.07) is 0. The molecule has 0 aliphatic heterocycles. The zero-order chi connectivity index (χ0) is 9.94. The van der Waals surface area contributed by atoms with Gasteiger partial charge in [-0.2, -0.15) is 0 Å². The van der Waals surface area contributed by atoms with Crippen LogP contribution in [0.4, 0.5) is 0 Å². The third-order valence-corrected chi connectivity index (χ3v) is 1.59. The number of hydrogen-bond acceptors (Lipinski definition) is 2. The maximum atomic E-state index is 5.33. The molecule has 0 bridgehead atoms. The predicted octanol–water partition coefficient (Wildman–Crippen LogP) is 1.76. The van der Waals surface area contributed by atoms with Crippen molar-refractivity contribution in [1.29, 1.82) is 0 Å². The molecule has 0 heterocycles. The molecular weight excluding hydrogens is 162 g/mol. The van der Waals surface area contributed by atoms with E-state index < -0.39 is 0 Å². The summed E-state index contributed by atoms with van der Waals surface area (Å²) in [5, 5.41) is 0. The quantitative estimate of drug-likeness (QED) is 0.459. The largest absolute Gasteiger partial charge is 0.369 e. The summed E-state index contributed by atoms with van der Waals surface area (Å²) in [4.78, 5) is 2.05. The smallest absolute Gasteiger partial charge is 0.107 e. The van der Waals surface area contributed by atoms with Gasteiger partial charge in [-0.3, -0.25) is 4.90 Å². The molecule has 0 fully saturated rings. The Morgan fingerprint density at radius 3 is 2.54 bits per heavy atom. The summed E-state index contributed by atoms with van der Waals surface area (Å²) in [5.74, 6) is 6.01. The molecular formula is C11H21NO. The van der Waals surface area contributed by atoms with Crippen LogP contribution in [0.25, 0.3) is 0 Å². The van der Waals surface area contributed by atoms with E-state index in [-0.39, 0.29) is 0 Å². The third kappa shape index (κ3) is 11.5. The van der Waals surface area contributed by atoms with Crippen LogP contribution in [-0.2, 0) is 4.74 Å². The monoisotopic (exact) mass is 183 g/mol. The number of unbranched alkanes of at least 4 members (excludes halogenated alkanes) is 2. The number of nitrogens with zero attached hydrogens (tertiary/aromatic N) is 1. The van der Waals surface area contributed by atoms with Crippen LogP contribution in [0, 0.1) is 11.8 Å². The molecule has 0 rings (SSSR count). The van der Waals surface area contributed by atoms with Gasteiger partial charge in [0.2, 0.25) is 0 Å². The van der Waals surface area contributed by atoms with Crippen molar-refractivity contribution in [3.63, 3.8) is 0 Å². The van der Waals surface area contributed by atoms with E-state index in [2.05, 4.69) is 18.8 Å². The highest BCUT2D eigenvalue weighted by atomic mass is 16.5. The van der Waals surface area contributed by atoms with Gasteiger partial charge in [0.1, 0.15) is 6.61 Å². The van der Waals surface area contributed by atoms with E-state index >= 15 is 0 Å². The van der Waals surface area contributed by atoms with E-state index in [9.17, 15) is 0 Å². The second kappa shape index (κ2) is 9.57. The van der Waals surface area contributed by atoms with Crippen molar-refractivity contribution in [3.8, 4) is 11.8 Å². The van der Waals surface area contributed by atoms with Crippen LogP contribution >= 0.6 is 0 Å². The first-order chi connectivity index (χ1) is 6.27. The Kier molecular flexibility index (Phi) is 9.18. The molecule has 0 aromatic rings. The normalized spacial score (nSPS) is 9.85. The fraction of sp³-hybridized carbons (Fsp3) is 0.818. The van der Waals surface area contributed by atoms with Gasteiger partial charge in [-0.25, -0.2) is 0 Å². The van der Waals surface area contributed by atoms with Gasteiger partial charge in [-0.1, -0.05) is 31.6 Å². The van der Waals surface area contributed by atoms with Gasteiger partial charge in [0.15, 0.2) is 0 Å². The Morgan fingerprint density at radius 1 is 1.15 bits per heavy atom. The van der Waals surface area contributed by atoms with Crippen LogP contribution in [0.3, 0.4) is 0 Å². The lowest BCUT2D eigenvalue weighted by molar-refractivity contribution is 0.162. The minimum atomic E-state index is 0.581. The van der Waals surface area contributed by atoms with Crippen molar-refractivity contribution < 1.29 is 4.74 Å². The Hall–Kier alpha value is -0.520. The molecule has 0 N–H and O–H groups in total. The molecule has 0 aromatic carbocycles. The number of rotatable bonds is 6. The molecule has 76 valence electrons. The first kappa shape index (κ1) is 12.5. The minimum absolute atomic E-state index is 0.581. The second-order valence-electron chi connectivity index (χ2n) is 3.35. The first-order valence-electron chi connectivity index (χ1n) is 4.95. The highest BCUT2D eigenvalue weighted by Crippen LogP contribution is 1.93. The van der Waals surface area contributed by atoms with E-state index in [4.69, 9.17) is 4.74 Å². The number of hydrogen-bond donors (Lipinski definition) is 0. The zero-order valence-corrected chi connectivity index (χ0v) is 9.10. The molecule has 0 radical (unpaired) electrons. The average Bonchev–Trinajstić information content (AvgIpc) is 2.09. The SMILES string of the molecule is CCCCCOCC#CCN(C)C. The second-order valence-corrected chi connectivity index (χ2v) is 3.35. The summed E-state index contributed by atoms with van der Waals surface area (Å²) in [6.07, 6.45) is 3.66. The van der Waals surface area contributed by atoms with Gasteiger partial charge in [-0.15, -0.1) is 0 Å². The summed E-state index contributed by atoms with van der Waals surface area (Å²) in [7, 11) is 4.02. The van der Waals surface area contributed by atoms with Crippen molar-refractivity contribution in [3.05, 3.63) is 0 Å². The summed E-state index contributed by atoms with van der Waals surface area (Å²) in [6.45, 7) is 4.44. The maximum absolute atomic E-state index is 5.33. The molecule has 0 atom stereocenters. The van der Waals surface area contributed by atoms with Crippen LogP contribution in [0.5, 0.6) is 0 Å². The lowest BCUT2D eigenvalue weighted by Crippen LogP contribution is -2.11. The molecule has 0 saturated heterocycles. The van der Waals surface area contributed by atoms with Crippen molar-refractivity contribution in [2.45, 2.75) is 26.2 Å². The van der Waals surface area contributed by atoms with Crippen molar-refractivity contribution >= 4 is 0 Å². The van der Waals surface area contributed by atoms with Gasteiger partial charge in [0.25, 0.3) is 0 Å². The van der Waals surface area contributed by atoms with Crippen LogP contribution in [0.15, 0.2) is 0 Å². The predicted molar refractivity (Wildman–Crippen MR) is 56.7 cm³/mol. The van der Waals surface area contributed by atoms with Crippen LogP contribution < -0.4 is 0 Å². The van der Waals surface area contributed by atoms with E-state index in [1.807, 2.05) is 19.0 Å². The van der Waals surface area contributed by atoms with E-state index in [1.165, 1.54) is 12.8 Å². The topological polar surface area (TPSA) is 12.5 Å². The van der Waals surface area contributed by atoms with Crippen molar-refractivity contribution in [1.82, 2.24) is 4.90 Å². The highest BCUT2D eigenvalue weighted by Gasteiger charge is 1.85. The molecule has 0 unspecified atom stereocenters. The maximum Gasteiger partial charge on any atom is 0.107 e. The third-order valence-electron chi connectivity index (χ3n) is 1.59. The molecule has 0 aliphatic rings. The minimum Gasteiger partial charge on any atom is -0.369 e. The molecule has 0 aliphatic carbocycles. The molecule has 13 heavy (non-hydrogen) atoms. The molecule has 0 spiro atoms. The van der Waals surface area contributed by atoms with Gasteiger partial charge in [-0.05, 0) is 20.5 Å². The van der Waals surface area contributed by atoms with Crippen LogP contribution in [0.1, 0.15) is 26.2 Å². The lowest BCUT2D eigenvalue weighted by Gasteiger charge is -2.01. The lowest BCUT2D eigenvalue weighted by atomic mass is 10.3. The van der Waals surface area contributed by atoms with E-state index in [0.717, 1.165) is 19.6 Å². The van der Waals surface area contributed by atoms with Crippen molar-refractivity contribution in [2.75, 3.05) is 33.9 Å². The van der Waals surface area contributed by atoms with E-state index in [0.29, 0.717) is 6.61 Å². The van der Waals surface area contributed by atoms with Crippen LogP contribution in [0.2, 0.25) is 0 Å². The average molecular weight is 183 g/mol. The molecule has 0 aromatic heterocycles. The standard InChI is InChI=1S/C11H21NO/c1-4-5-7-10-13-11-8-6-9-12(2)3/h4-5,7,9-11H2,1-3H3. The van der Waals surface area contributed by atoms with Gasteiger partial charge in [0.05, 0.1) is 6.54 Å². The van der Waals surface area contributed by atoms with Gasteiger partial charge >= 0.3 is 0 Å². The first-order valence-corrected chi connectivity index (χ1v) is 4.95. The fourth-order valence-corrected chi connectivity index (χ4v) is 0.842. The summed E-state index contributed by atoms with van der Waals surface area (Å²) >= 11 is 0. The van der Waals surface area contributed by atoms with Crippen LogP contribution in [-0.4, -0.2) is 38.8 Å². The van der Waals surface area contributed by atoms with Crippen molar-refractivity contribution in [2.24, 2.45) is 0 Å². The van der Waals surface area contributed by atoms with E-state index in [1.54, 1.807) is 0 Å². The Labute approximate surface area is 82.3 Å². The molecule has 2 nitrogen and oxygen atoms in total. The van der Waals surface area contributed by atoms with Gasteiger partial charge in [0, 0.05) is 6.61 Å². The Balaban J connectivity index is 3.09. The molecule has 0 saturated carbocycles. The number of ether oxygens (including phenoxy) is 1. The molecule has 0 amide bonds. The fourth-order valence-electron chi connectivity index (χ4n) is 0.842.